The van der Waals surface area contributed by atoms with Crippen molar-refractivity contribution in [1.29, 1.82) is 0 Å². The summed E-state index contributed by atoms with van der Waals surface area (Å²) in [7, 11) is 3.73. The van der Waals surface area contributed by atoms with Crippen molar-refractivity contribution in [2.24, 2.45) is 0 Å². The summed E-state index contributed by atoms with van der Waals surface area (Å²) < 4.78 is 10.8. The standard InChI is InChI=1S/C16H22N2O2/c1-16(2,3)18(4)10-13-11-20-15(17-13)12-7-6-8-14(9-12)19-5/h6-9,11H,10H2,1-5H3. The molecule has 4 heteroatoms. The highest BCUT2D eigenvalue weighted by molar-refractivity contribution is 5.55. The van der Waals surface area contributed by atoms with E-state index in [1.165, 1.54) is 0 Å². The van der Waals surface area contributed by atoms with Gasteiger partial charge < -0.3 is 9.15 Å². The van der Waals surface area contributed by atoms with E-state index >= 15 is 0 Å². The molecule has 0 aliphatic rings. The fraction of sp³-hybridized carbons (Fsp3) is 0.438. The molecule has 0 aliphatic heterocycles. The summed E-state index contributed by atoms with van der Waals surface area (Å²) in [5.41, 5.74) is 1.96. The van der Waals surface area contributed by atoms with Crippen LogP contribution in [0.5, 0.6) is 5.75 Å². The van der Waals surface area contributed by atoms with E-state index in [1.807, 2.05) is 24.3 Å². The van der Waals surface area contributed by atoms with E-state index in [9.17, 15) is 0 Å². The Morgan fingerprint density at radius 3 is 2.70 bits per heavy atom. The first kappa shape index (κ1) is 14.6. The molecule has 0 amide bonds. The number of rotatable bonds is 4. The fourth-order valence-corrected chi connectivity index (χ4v) is 1.75. The number of ether oxygens (including phenoxy) is 1. The van der Waals surface area contributed by atoms with Gasteiger partial charge in [-0.25, -0.2) is 4.98 Å². The Hall–Kier alpha value is -1.81. The number of nitrogens with zero attached hydrogens (tertiary/aromatic N) is 2. The van der Waals surface area contributed by atoms with Crippen molar-refractivity contribution in [3.63, 3.8) is 0 Å². The van der Waals surface area contributed by atoms with E-state index in [4.69, 9.17) is 9.15 Å². The minimum absolute atomic E-state index is 0.106. The molecule has 0 N–H and O–H groups in total. The van der Waals surface area contributed by atoms with Crippen LogP contribution in [-0.2, 0) is 6.54 Å². The largest absolute Gasteiger partial charge is 0.497 e. The van der Waals surface area contributed by atoms with Gasteiger partial charge in [-0.15, -0.1) is 0 Å². The Morgan fingerprint density at radius 2 is 2.05 bits per heavy atom. The summed E-state index contributed by atoms with van der Waals surface area (Å²) in [6, 6.07) is 7.72. The van der Waals surface area contributed by atoms with E-state index in [2.05, 4.69) is 37.7 Å². The van der Waals surface area contributed by atoms with Gasteiger partial charge in [-0.2, -0.15) is 0 Å². The van der Waals surface area contributed by atoms with Crippen LogP contribution in [-0.4, -0.2) is 29.6 Å². The lowest BCUT2D eigenvalue weighted by molar-refractivity contribution is 0.165. The molecule has 20 heavy (non-hydrogen) atoms. The molecule has 1 heterocycles. The second-order valence-corrected chi connectivity index (χ2v) is 5.90. The van der Waals surface area contributed by atoms with Crippen molar-refractivity contribution in [1.82, 2.24) is 9.88 Å². The van der Waals surface area contributed by atoms with E-state index in [0.717, 1.165) is 23.6 Å². The first-order valence-electron chi connectivity index (χ1n) is 6.70. The lowest BCUT2D eigenvalue weighted by Crippen LogP contribution is -2.37. The third-order valence-corrected chi connectivity index (χ3v) is 3.41. The summed E-state index contributed by atoms with van der Waals surface area (Å²) in [5, 5.41) is 0. The molecule has 0 spiro atoms. The zero-order valence-electron chi connectivity index (χ0n) is 12.8. The first-order chi connectivity index (χ1) is 9.40. The Labute approximate surface area is 120 Å². The van der Waals surface area contributed by atoms with Crippen LogP contribution in [0.3, 0.4) is 0 Å². The van der Waals surface area contributed by atoms with Gasteiger partial charge in [0.05, 0.1) is 12.8 Å². The van der Waals surface area contributed by atoms with Gasteiger partial charge in [-0.1, -0.05) is 6.07 Å². The third-order valence-electron chi connectivity index (χ3n) is 3.41. The topological polar surface area (TPSA) is 38.5 Å². The molecule has 0 aliphatic carbocycles. The third kappa shape index (κ3) is 3.39. The molecule has 4 nitrogen and oxygen atoms in total. The lowest BCUT2D eigenvalue weighted by Gasteiger charge is -2.30. The maximum atomic E-state index is 5.57. The van der Waals surface area contributed by atoms with Crippen LogP contribution in [0.25, 0.3) is 11.5 Å². The van der Waals surface area contributed by atoms with E-state index < -0.39 is 0 Å². The van der Waals surface area contributed by atoms with Gasteiger partial charge in [0, 0.05) is 17.6 Å². The van der Waals surface area contributed by atoms with Crippen LogP contribution >= 0.6 is 0 Å². The van der Waals surface area contributed by atoms with Crippen LogP contribution in [0.15, 0.2) is 34.9 Å². The molecule has 0 unspecified atom stereocenters. The Kier molecular flexibility index (Phi) is 4.14. The normalized spacial score (nSPS) is 11.9. The SMILES string of the molecule is COc1cccc(-c2nc(CN(C)C(C)(C)C)co2)c1. The highest BCUT2D eigenvalue weighted by Gasteiger charge is 2.18. The maximum Gasteiger partial charge on any atom is 0.226 e. The van der Waals surface area contributed by atoms with Crippen molar-refractivity contribution >= 4 is 0 Å². The van der Waals surface area contributed by atoms with Gasteiger partial charge in [0.15, 0.2) is 0 Å². The van der Waals surface area contributed by atoms with Crippen molar-refractivity contribution in [2.45, 2.75) is 32.9 Å². The van der Waals surface area contributed by atoms with Gasteiger partial charge in [0.25, 0.3) is 0 Å². The molecule has 108 valence electrons. The molecule has 1 aromatic carbocycles. The quantitative estimate of drug-likeness (QED) is 0.854. The van der Waals surface area contributed by atoms with Crippen molar-refractivity contribution < 1.29 is 9.15 Å². The van der Waals surface area contributed by atoms with Crippen LogP contribution in [0.4, 0.5) is 0 Å². The number of hydrogen-bond acceptors (Lipinski definition) is 4. The fourth-order valence-electron chi connectivity index (χ4n) is 1.75. The summed E-state index contributed by atoms with van der Waals surface area (Å²) in [6.07, 6.45) is 1.72. The zero-order chi connectivity index (χ0) is 14.8. The number of aromatic nitrogens is 1. The Bertz CT molecular complexity index is 570. The molecule has 2 aromatic rings. The minimum Gasteiger partial charge on any atom is -0.497 e. The maximum absolute atomic E-state index is 5.57. The lowest BCUT2D eigenvalue weighted by atomic mass is 10.1. The Morgan fingerprint density at radius 1 is 1.30 bits per heavy atom. The molecule has 0 atom stereocenters. The van der Waals surface area contributed by atoms with E-state index in [0.29, 0.717) is 5.89 Å². The van der Waals surface area contributed by atoms with E-state index in [-0.39, 0.29) is 5.54 Å². The van der Waals surface area contributed by atoms with Gasteiger partial charge in [-0.3, -0.25) is 4.90 Å². The highest BCUT2D eigenvalue weighted by atomic mass is 16.5. The molecule has 0 saturated carbocycles. The van der Waals surface area contributed by atoms with Crippen molar-refractivity contribution in [2.75, 3.05) is 14.2 Å². The summed E-state index contributed by atoms with van der Waals surface area (Å²) in [6.45, 7) is 7.29. The summed E-state index contributed by atoms with van der Waals surface area (Å²) in [5.74, 6) is 1.43. The predicted molar refractivity (Wildman–Crippen MR) is 79.7 cm³/mol. The number of oxazole rings is 1. The van der Waals surface area contributed by atoms with Gasteiger partial charge in [0.1, 0.15) is 12.0 Å². The zero-order valence-corrected chi connectivity index (χ0v) is 12.8. The van der Waals surface area contributed by atoms with Crippen LogP contribution in [0.2, 0.25) is 0 Å². The smallest absolute Gasteiger partial charge is 0.226 e. The minimum atomic E-state index is 0.106. The van der Waals surface area contributed by atoms with Gasteiger partial charge >= 0.3 is 0 Å². The first-order valence-corrected chi connectivity index (χ1v) is 6.70. The van der Waals surface area contributed by atoms with Gasteiger partial charge in [-0.05, 0) is 46.0 Å². The monoisotopic (exact) mass is 274 g/mol. The summed E-state index contributed by atoms with van der Waals surface area (Å²) >= 11 is 0. The number of methoxy groups -OCH3 is 1. The highest BCUT2D eigenvalue weighted by Crippen LogP contribution is 2.24. The molecule has 0 bridgehead atoms. The predicted octanol–water partition coefficient (Wildman–Crippen LogP) is 3.58. The number of benzene rings is 1. The number of hydrogen-bond donors (Lipinski definition) is 0. The van der Waals surface area contributed by atoms with Crippen LogP contribution in [0.1, 0.15) is 26.5 Å². The molecule has 1 aromatic heterocycles. The average molecular weight is 274 g/mol. The molecular weight excluding hydrogens is 252 g/mol. The molecule has 2 rings (SSSR count). The summed E-state index contributed by atoms with van der Waals surface area (Å²) in [4.78, 5) is 6.78. The van der Waals surface area contributed by atoms with Gasteiger partial charge in [0.2, 0.25) is 5.89 Å². The molecular formula is C16H22N2O2. The van der Waals surface area contributed by atoms with Crippen molar-refractivity contribution in [3.05, 3.63) is 36.2 Å². The average Bonchev–Trinajstić information content (AvgIpc) is 2.86. The second kappa shape index (κ2) is 5.67. The Balaban J connectivity index is 2.16. The van der Waals surface area contributed by atoms with Crippen molar-refractivity contribution in [3.8, 4) is 17.2 Å². The molecule has 0 fully saturated rings. The molecule has 0 radical (unpaired) electrons. The molecule has 0 saturated heterocycles. The van der Waals surface area contributed by atoms with Crippen LogP contribution in [0, 0.1) is 0 Å². The van der Waals surface area contributed by atoms with E-state index in [1.54, 1.807) is 13.4 Å². The van der Waals surface area contributed by atoms with Crippen LogP contribution < -0.4 is 4.74 Å². The second-order valence-electron chi connectivity index (χ2n) is 5.90.